The van der Waals surface area contributed by atoms with E-state index in [-0.39, 0.29) is 11.8 Å². The van der Waals surface area contributed by atoms with Gasteiger partial charge in [0.1, 0.15) is 5.69 Å². The van der Waals surface area contributed by atoms with Gasteiger partial charge in [0.25, 0.3) is 5.91 Å². The van der Waals surface area contributed by atoms with Gasteiger partial charge in [0.15, 0.2) is 5.13 Å². The van der Waals surface area contributed by atoms with E-state index in [0.29, 0.717) is 23.4 Å². The lowest BCUT2D eigenvalue weighted by Gasteiger charge is -2.31. The van der Waals surface area contributed by atoms with Crippen molar-refractivity contribution in [3.63, 3.8) is 0 Å². The van der Waals surface area contributed by atoms with E-state index in [4.69, 9.17) is 0 Å². The van der Waals surface area contributed by atoms with Crippen molar-refractivity contribution in [3.05, 3.63) is 11.1 Å². The predicted molar refractivity (Wildman–Crippen MR) is 88.3 cm³/mol. The predicted octanol–water partition coefficient (Wildman–Crippen LogP) is 2.10. The zero-order chi connectivity index (χ0) is 15.9. The molecule has 1 heterocycles. The van der Waals surface area contributed by atoms with E-state index in [2.05, 4.69) is 27.6 Å². The van der Waals surface area contributed by atoms with Gasteiger partial charge < -0.3 is 15.5 Å². The zero-order valence-electron chi connectivity index (χ0n) is 13.2. The minimum Gasteiger partial charge on any atom is -0.349 e. The smallest absolute Gasteiger partial charge is 0.270 e. The van der Waals surface area contributed by atoms with Crippen molar-refractivity contribution >= 4 is 28.3 Å². The second-order valence-corrected chi connectivity index (χ2v) is 6.61. The van der Waals surface area contributed by atoms with Crippen LogP contribution in [0.2, 0.25) is 0 Å². The molecule has 1 aromatic rings. The van der Waals surface area contributed by atoms with E-state index in [1.54, 1.807) is 5.38 Å². The minimum absolute atomic E-state index is 0.185. The van der Waals surface area contributed by atoms with Gasteiger partial charge in [-0.3, -0.25) is 9.59 Å². The summed E-state index contributed by atoms with van der Waals surface area (Å²) in [7, 11) is 2.12. The Morgan fingerprint density at radius 1 is 1.36 bits per heavy atom. The molecule has 122 valence electrons. The van der Waals surface area contributed by atoms with Gasteiger partial charge in [0, 0.05) is 31.4 Å². The average molecular weight is 324 g/mol. The Balaban J connectivity index is 1.72. The Hall–Kier alpha value is -1.47. The molecule has 0 saturated heterocycles. The van der Waals surface area contributed by atoms with E-state index in [1.807, 2.05) is 0 Å². The van der Waals surface area contributed by atoms with E-state index >= 15 is 0 Å². The zero-order valence-corrected chi connectivity index (χ0v) is 14.0. The molecular formula is C15H24N4O2S. The number of likely N-dealkylation sites (N-methyl/N-ethyl adjacent to an activating group) is 1. The molecule has 2 amide bonds. The second-order valence-electron chi connectivity index (χ2n) is 5.75. The van der Waals surface area contributed by atoms with Crippen LogP contribution in [0.25, 0.3) is 0 Å². The highest BCUT2D eigenvalue weighted by Crippen LogP contribution is 2.21. The van der Waals surface area contributed by atoms with Gasteiger partial charge in [-0.1, -0.05) is 19.3 Å². The Labute approximate surface area is 135 Å². The Morgan fingerprint density at radius 2 is 2.09 bits per heavy atom. The summed E-state index contributed by atoms with van der Waals surface area (Å²) in [5.41, 5.74) is 0.356. The van der Waals surface area contributed by atoms with Crippen LogP contribution in [0.15, 0.2) is 5.38 Å². The van der Waals surface area contributed by atoms with Crippen LogP contribution >= 0.6 is 11.3 Å². The van der Waals surface area contributed by atoms with Crippen molar-refractivity contribution in [1.82, 2.24) is 15.2 Å². The van der Waals surface area contributed by atoms with Crippen LogP contribution in [0.5, 0.6) is 0 Å². The maximum Gasteiger partial charge on any atom is 0.270 e. The maximum absolute atomic E-state index is 12.0. The van der Waals surface area contributed by atoms with Crippen LogP contribution in [0.3, 0.4) is 0 Å². The van der Waals surface area contributed by atoms with Gasteiger partial charge in [-0.15, -0.1) is 11.3 Å². The third kappa shape index (κ3) is 5.06. The highest BCUT2D eigenvalue weighted by atomic mass is 32.1. The normalized spacial score (nSPS) is 15.8. The fraction of sp³-hybridized carbons (Fsp3) is 0.667. The number of hydrogen-bond acceptors (Lipinski definition) is 5. The Morgan fingerprint density at radius 3 is 2.77 bits per heavy atom. The van der Waals surface area contributed by atoms with Gasteiger partial charge in [-0.25, -0.2) is 4.98 Å². The van der Waals surface area contributed by atoms with Gasteiger partial charge in [0.2, 0.25) is 5.91 Å². The van der Waals surface area contributed by atoms with Crippen molar-refractivity contribution in [2.24, 2.45) is 0 Å². The van der Waals surface area contributed by atoms with Crippen LogP contribution in [-0.2, 0) is 4.79 Å². The van der Waals surface area contributed by atoms with Crippen LogP contribution in [0.4, 0.5) is 5.13 Å². The van der Waals surface area contributed by atoms with E-state index in [1.165, 1.54) is 50.4 Å². The number of carbonyl (C=O) groups is 2. The van der Waals surface area contributed by atoms with Gasteiger partial charge in [-0.05, 0) is 19.9 Å². The molecule has 0 atom stereocenters. The van der Waals surface area contributed by atoms with Crippen LogP contribution in [-0.4, -0.2) is 47.9 Å². The van der Waals surface area contributed by atoms with Crippen molar-refractivity contribution in [1.29, 1.82) is 0 Å². The van der Waals surface area contributed by atoms with E-state index in [0.717, 1.165) is 6.54 Å². The van der Waals surface area contributed by atoms with Crippen molar-refractivity contribution in [2.75, 3.05) is 25.5 Å². The fourth-order valence-electron chi connectivity index (χ4n) is 2.73. The second kappa shape index (κ2) is 8.24. The van der Waals surface area contributed by atoms with E-state index in [9.17, 15) is 9.59 Å². The SMILES string of the molecule is CC(=O)Nc1nc(C(=O)NCCN(C)C2CCCCC2)cs1. The Kier molecular flexibility index (Phi) is 6.33. The summed E-state index contributed by atoms with van der Waals surface area (Å²) < 4.78 is 0. The number of thiazole rings is 1. The lowest BCUT2D eigenvalue weighted by molar-refractivity contribution is -0.114. The van der Waals surface area contributed by atoms with Crippen LogP contribution in [0, 0.1) is 0 Å². The molecule has 1 aliphatic carbocycles. The lowest BCUT2D eigenvalue weighted by atomic mass is 9.94. The molecule has 0 aliphatic heterocycles. The minimum atomic E-state index is -0.190. The number of aromatic nitrogens is 1. The number of carbonyl (C=O) groups excluding carboxylic acids is 2. The number of nitrogens with zero attached hydrogens (tertiary/aromatic N) is 2. The summed E-state index contributed by atoms with van der Waals surface area (Å²) in [6, 6.07) is 0.649. The number of rotatable bonds is 6. The summed E-state index contributed by atoms with van der Waals surface area (Å²) in [5, 5.41) is 7.58. The number of anilines is 1. The topological polar surface area (TPSA) is 74.3 Å². The third-order valence-corrected chi connectivity index (χ3v) is 4.73. The molecule has 0 bridgehead atoms. The highest BCUT2D eigenvalue weighted by Gasteiger charge is 2.18. The summed E-state index contributed by atoms with van der Waals surface area (Å²) in [5.74, 6) is -0.375. The molecule has 0 radical (unpaired) electrons. The number of nitrogens with one attached hydrogen (secondary N) is 2. The molecule has 1 fully saturated rings. The largest absolute Gasteiger partial charge is 0.349 e. The van der Waals surface area contributed by atoms with Crippen molar-refractivity contribution in [3.8, 4) is 0 Å². The summed E-state index contributed by atoms with van der Waals surface area (Å²) in [4.78, 5) is 29.4. The number of hydrogen-bond donors (Lipinski definition) is 2. The first-order valence-electron chi connectivity index (χ1n) is 7.78. The molecular weight excluding hydrogens is 300 g/mol. The van der Waals surface area contributed by atoms with Crippen LogP contribution in [0.1, 0.15) is 49.5 Å². The van der Waals surface area contributed by atoms with Gasteiger partial charge in [0.05, 0.1) is 0 Å². The van der Waals surface area contributed by atoms with Crippen LogP contribution < -0.4 is 10.6 Å². The maximum atomic E-state index is 12.0. The molecule has 0 unspecified atom stereocenters. The molecule has 6 nitrogen and oxygen atoms in total. The summed E-state index contributed by atoms with van der Waals surface area (Å²) in [6.07, 6.45) is 6.49. The first-order chi connectivity index (χ1) is 10.6. The lowest BCUT2D eigenvalue weighted by Crippen LogP contribution is -2.39. The first kappa shape index (κ1) is 16.9. The fourth-order valence-corrected chi connectivity index (χ4v) is 3.46. The molecule has 1 aromatic heterocycles. The summed E-state index contributed by atoms with van der Waals surface area (Å²) in [6.45, 7) is 2.88. The quantitative estimate of drug-likeness (QED) is 0.840. The molecule has 0 aromatic carbocycles. The van der Waals surface area contributed by atoms with Gasteiger partial charge >= 0.3 is 0 Å². The molecule has 22 heavy (non-hydrogen) atoms. The average Bonchev–Trinajstić information content (AvgIpc) is 2.95. The van der Waals surface area contributed by atoms with Crippen molar-refractivity contribution in [2.45, 2.75) is 45.1 Å². The molecule has 1 aliphatic rings. The Bertz CT molecular complexity index is 511. The monoisotopic (exact) mass is 324 g/mol. The molecule has 2 rings (SSSR count). The first-order valence-corrected chi connectivity index (χ1v) is 8.66. The molecule has 0 spiro atoms. The molecule has 7 heteroatoms. The highest BCUT2D eigenvalue weighted by molar-refractivity contribution is 7.14. The van der Waals surface area contributed by atoms with E-state index < -0.39 is 0 Å². The summed E-state index contributed by atoms with van der Waals surface area (Å²) >= 11 is 1.25. The molecule has 2 N–H and O–H groups in total. The standard InChI is InChI=1S/C15H24N4O2S/c1-11(20)17-15-18-13(10-22-15)14(21)16-8-9-19(2)12-6-4-3-5-7-12/h10,12H,3-9H2,1-2H3,(H,16,21)(H,17,18,20). The molecule has 1 saturated carbocycles. The number of amides is 2. The van der Waals surface area contributed by atoms with Gasteiger partial charge in [-0.2, -0.15) is 0 Å². The third-order valence-electron chi connectivity index (χ3n) is 3.97. The van der Waals surface area contributed by atoms with Crippen molar-refractivity contribution < 1.29 is 9.59 Å².